The fourth-order valence-electron chi connectivity index (χ4n) is 3.18. The lowest BCUT2D eigenvalue weighted by atomic mass is 10.0. The minimum Gasteiger partial charge on any atom is -0.497 e. The Morgan fingerprint density at radius 3 is 1.72 bits per heavy atom. The first kappa shape index (κ1) is 32.7. The number of aryl methyl sites for hydroxylation is 1. The van der Waals surface area contributed by atoms with Crippen molar-refractivity contribution in [3.8, 4) is 23.0 Å². The zero-order chi connectivity index (χ0) is 29.2. The summed E-state index contributed by atoms with van der Waals surface area (Å²) >= 11 is 0. The number of carbonyl (C=O) groups is 2. The van der Waals surface area contributed by atoms with Gasteiger partial charge in [0.15, 0.2) is 0 Å². The Morgan fingerprint density at radius 2 is 1.31 bits per heavy atom. The van der Waals surface area contributed by atoms with Crippen LogP contribution in [-0.4, -0.2) is 44.9 Å². The highest BCUT2D eigenvalue weighted by Crippen LogP contribution is 2.28. The van der Waals surface area contributed by atoms with Gasteiger partial charge < -0.3 is 29.8 Å². The van der Waals surface area contributed by atoms with E-state index in [0.29, 0.717) is 47.0 Å². The monoisotopic (exact) mass is 537 g/mol. The van der Waals surface area contributed by atoms with E-state index in [1.165, 1.54) is 14.2 Å². The van der Waals surface area contributed by atoms with E-state index in [4.69, 9.17) is 19.9 Å². The first-order valence-corrected chi connectivity index (χ1v) is 12.6. The molecule has 0 unspecified atom stereocenters. The third-order valence-corrected chi connectivity index (χ3v) is 5.19. The van der Waals surface area contributed by atoms with Crippen LogP contribution < -0.4 is 19.9 Å². The summed E-state index contributed by atoms with van der Waals surface area (Å²) in [6.07, 6.45) is 2.44. The second kappa shape index (κ2) is 18.0. The molecule has 39 heavy (non-hydrogen) atoms. The predicted octanol–water partition coefficient (Wildman–Crippen LogP) is 6.22. The van der Waals surface area contributed by atoms with E-state index in [9.17, 15) is 14.7 Å². The molecule has 0 aliphatic heterocycles. The van der Waals surface area contributed by atoms with Crippen LogP contribution in [0.1, 0.15) is 43.9 Å². The molecule has 0 atom stereocenters. The number of benzene rings is 3. The second-order valence-corrected chi connectivity index (χ2v) is 7.82. The molecule has 0 saturated heterocycles. The highest BCUT2D eigenvalue weighted by Gasteiger charge is 2.12. The Kier molecular flexibility index (Phi) is 15.1. The molecule has 0 bridgehead atoms. The second-order valence-electron chi connectivity index (χ2n) is 7.82. The van der Waals surface area contributed by atoms with Crippen LogP contribution in [0.2, 0.25) is 0 Å². The summed E-state index contributed by atoms with van der Waals surface area (Å²) < 4.78 is 20.9. The fraction of sp³-hybridized carbons (Fsp3) is 0.290. The van der Waals surface area contributed by atoms with E-state index < -0.39 is 5.97 Å². The van der Waals surface area contributed by atoms with Gasteiger partial charge in [-0.3, -0.25) is 4.79 Å². The van der Waals surface area contributed by atoms with E-state index >= 15 is 0 Å². The smallest absolute Gasteiger partial charge is 0.336 e. The maximum Gasteiger partial charge on any atom is 0.336 e. The number of ether oxygens (including phenoxy) is 4. The van der Waals surface area contributed by atoms with E-state index in [1.54, 1.807) is 55.7 Å². The van der Waals surface area contributed by atoms with E-state index in [0.717, 1.165) is 12.2 Å². The minimum atomic E-state index is -1.06. The Balaban J connectivity index is 0.00000116. The van der Waals surface area contributed by atoms with Gasteiger partial charge in [0.05, 0.1) is 19.8 Å². The van der Waals surface area contributed by atoms with Crippen LogP contribution in [0.15, 0.2) is 66.7 Å². The molecule has 0 saturated carbocycles. The molecule has 1 amide bonds. The van der Waals surface area contributed by atoms with Gasteiger partial charge in [-0.05, 0) is 72.5 Å². The number of methoxy groups -OCH3 is 3. The summed E-state index contributed by atoms with van der Waals surface area (Å²) in [5.41, 5.74) is 7.45. The number of rotatable bonds is 11. The number of amides is 1. The van der Waals surface area contributed by atoms with Gasteiger partial charge in [0.2, 0.25) is 5.91 Å². The average Bonchev–Trinajstić information content (AvgIpc) is 2.96. The van der Waals surface area contributed by atoms with Crippen LogP contribution >= 0.6 is 0 Å². The topological polar surface area (TPSA) is 117 Å². The van der Waals surface area contributed by atoms with Gasteiger partial charge in [0.1, 0.15) is 23.0 Å². The highest BCUT2D eigenvalue weighted by molar-refractivity contribution is 6.20. The standard InChI is InChI=1S/C26H25NO6.C3H8O.C2H6/c1-31-22-13-18(14-23(16-22)32-2)15-24(26(29)30)19-6-10-21(11-7-19)33-20-8-3-17(4-9-20)5-12-25(27)28;1-3-4-2;1-2/h3-4,6-11,13-16H,5,12H2,1-2H3,(H2,27,28)(H,29,30);3H2,1-2H3;1-2H3/b24-15+;;. The summed E-state index contributed by atoms with van der Waals surface area (Å²) in [7, 11) is 4.75. The third-order valence-electron chi connectivity index (χ3n) is 5.19. The summed E-state index contributed by atoms with van der Waals surface area (Å²) in [4.78, 5) is 22.8. The molecular weight excluding hydrogens is 498 g/mol. The zero-order valence-electron chi connectivity index (χ0n) is 23.5. The van der Waals surface area contributed by atoms with Gasteiger partial charge >= 0.3 is 5.97 Å². The van der Waals surface area contributed by atoms with Gasteiger partial charge in [-0.25, -0.2) is 4.79 Å². The van der Waals surface area contributed by atoms with Crippen molar-refractivity contribution in [1.29, 1.82) is 0 Å². The minimum absolute atomic E-state index is 0.121. The molecule has 3 N–H and O–H groups in total. The molecular formula is C31H39NO7. The van der Waals surface area contributed by atoms with Crippen LogP contribution in [0.5, 0.6) is 23.0 Å². The number of primary amides is 1. The van der Waals surface area contributed by atoms with Crippen LogP contribution in [-0.2, 0) is 20.7 Å². The van der Waals surface area contributed by atoms with E-state index in [-0.39, 0.29) is 11.5 Å². The molecule has 0 heterocycles. The number of hydrogen-bond donors (Lipinski definition) is 2. The van der Waals surface area contributed by atoms with Gasteiger partial charge in [-0.1, -0.05) is 38.1 Å². The summed E-state index contributed by atoms with van der Waals surface area (Å²) in [6, 6.07) is 19.3. The Morgan fingerprint density at radius 1 is 0.821 bits per heavy atom. The Labute approximate surface area is 231 Å². The molecule has 0 aliphatic rings. The number of carbonyl (C=O) groups excluding carboxylic acids is 1. The molecule has 3 aromatic rings. The van der Waals surface area contributed by atoms with Crippen molar-refractivity contribution in [2.24, 2.45) is 5.73 Å². The molecule has 3 rings (SSSR count). The van der Waals surface area contributed by atoms with Crippen molar-refractivity contribution < 1.29 is 33.6 Å². The molecule has 3 aromatic carbocycles. The number of carboxylic acid groups (broad SMARTS) is 1. The molecule has 0 aromatic heterocycles. The molecule has 0 radical (unpaired) electrons. The fourth-order valence-corrected chi connectivity index (χ4v) is 3.18. The van der Waals surface area contributed by atoms with Crippen molar-refractivity contribution in [3.05, 3.63) is 83.4 Å². The van der Waals surface area contributed by atoms with Crippen molar-refractivity contribution in [2.75, 3.05) is 27.9 Å². The lowest BCUT2D eigenvalue weighted by Crippen LogP contribution is -2.11. The summed E-state index contributed by atoms with van der Waals surface area (Å²) in [5.74, 6) is 0.927. The number of aliphatic carboxylic acids is 1. The van der Waals surface area contributed by atoms with Crippen LogP contribution in [0.4, 0.5) is 0 Å². The number of carboxylic acids is 1. The lowest BCUT2D eigenvalue weighted by Gasteiger charge is -2.09. The number of hydrogen-bond acceptors (Lipinski definition) is 6. The maximum atomic E-state index is 11.9. The molecule has 8 nitrogen and oxygen atoms in total. The summed E-state index contributed by atoms with van der Waals surface area (Å²) in [5, 5.41) is 9.76. The third kappa shape index (κ3) is 11.7. The first-order valence-electron chi connectivity index (χ1n) is 12.6. The lowest BCUT2D eigenvalue weighted by molar-refractivity contribution is -0.130. The molecule has 0 aliphatic carbocycles. The van der Waals surface area contributed by atoms with Crippen molar-refractivity contribution in [3.63, 3.8) is 0 Å². The average molecular weight is 538 g/mol. The van der Waals surface area contributed by atoms with Gasteiger partial charge in [-0.15, -0.1) is 0 Å². The molecule has 0 spiro atoms. The molecule has 8 heteroatoms. The van der Waals surface area contributed by atoms with Gasteiger partial charge in [0, 0.05) is 26.2 Å². The van der Waals surface area contributed by atoms with Crippen LogP contribution in [0.3, 0.4) is 0 Å². The largest absolute Gasteiger partial charge is 0.497 e. The van der Waals surface area contributed by atoms with E-state index in [1.807, 2.05) is 45.0 Å². The SMILES string of the molecule is CC.CCOC.COc1cc(/C=C(/C(=O)O)c2ccc(Oc3ccc(CCC(N)=O)cc3)cc2)cc(OC)c1. The van der Waals surface area contributed by atoms with Gasteiger partial charge in [0.25, 0.3) is 0 Å². The number of nitrogens with two attached hydrogens (primary N) is 1. The predicted molar refractivity (Wildman–Crippen MR) is 154 cm³/mol. The first-order chi connectivity index (χ1) is 18.8. The highest BCUT2D eigenvalue weighted by atomic mass is 16.5. The van der Waals surface area contributed by atoms with Crippen LogP contribution in [0.25, 0.3) is 11.6 Å². The van der Waals surface area contributed by atoms with Crippen molar-refractivity contribution in [2.45, 2.75) is 33.6 Å². The molecule has 0 fully saturated rings. The Hall–Kier alpha value is -4.30. The van der Waals surface area contributed by atoms with Crippen molar-refractivity contribution in [1.82, 2.24) is 0 Å². The maximum absolute atomic E-state index is 11.9. The Bertz CT molecular complexity index is 1160. The van der Waals surface area contributed by atoms with E-state index in [2.05, 4.69) is 4.74 Å². The van der Waals surface area contributed by atoms with Gasteiger partial charge in [-0.2, -0.15) is 0 Å². The quantitative estimate of drug-likeness (QED) is 0.220. The zero-order valence-corrected chi connectivity index (χ0v) is 23.5. The summed E-state index contributed by atoms with van der Waals surface area (Å²) in [6.45, 7) is 6.78. The molecule has 210 valence electrons. The van der Waals surface area contributed by atoms with Crippen LogP contribution in [0, 0.1) is 0 Å². The normalized spacial score (nSPS) is 10.3. The van der Waals surface area contributed by atoms with Crippen molar-refractivity contribution >= 4 is 23.5 Å².